The minimum absolute atomic E-state index is 0.00596. The van der Waals surface area contributed by atoms with Gasteiger partial charge in [0.1, 0.15) is 53.4 Å². The number of hydrogen-bond acceptors (Lipinski definition) is 9. The number of aromatic nitrogens is 3. The number of nitrogens with zero attached hydrogens (tertiary/aromatic N) is 5. The zero-order valence-electron chi connectivity index (χ0n) is 23.7. The SMILES string of the molecule is Oc1cc(-c2nc3c4c(nc(OC[C@@]56CCCN5C[C@H](F)C6)nc4c2F)N2CC4C[C@H]5C(N4)[C@@]52CO3)c2c(F)cccc2c1. The Morgan fingerprint density at radius 2 is 2.05 bits per heavy atom. The molecule has 6 fully saturated rings. The summed E-state index contributed by atoms with van der Waals surface area (Å²) in [7, 11) is 0. The highest BCUT2D eigenvalue weighted by Crippen LogP contribution is 2.62. The Labute approximate surface area is 250 Å². The summed E-state index contributed by atoms with van der Waals surface area (Å²) in [4.78, 5) is 18.5. The van der Waals surface area contributed by atoms with Gasteiger partial charge in [0, 0.05) is 48.5 Å². The standard InChI is InChI=1S/C32H29F3N6O3/c33-16-10-31(5-2-6-40(31)11-16)13-44-30-38-26-23-28(39-30)41-12-17-8-20-27(36-17)32(20,41)14-43-29(23)37-25(24(26)35)19-9-18(42)7-15-3-1-4-21(34)22(15)19/h1,3-4,7,9,16-17,20,27,36,42H,2,5-6,8,10-14H2/t16-,17?,20+,27?,31+,32-/m1/s1. The minimum Gasteiger partial charge on any atom is -0.508 e. The summed E-state index contributed by atoms with van der Waals surface area (Å²) < 4.78 is 59.2. The normalized spacial score (nSPS) is 32.9. The monoisotopic (exact) mass is 602 g/mol. The molecule has 4 bridgehead atoms. The van der Waals surface area contributed by atoms with Crippen molar-refractivity contribution in [3.8, 4) is 28.9 Å². The lowest BCUT2D eigenvalue weighted by molar-refractivity contribution is 0.107. The van der Waals surface area contributed by atoms with E-state index in [-0.39, 0.29) is 64.0 Å². The van der Waals surface area contributed by atoms with Crippen molar-refractivity contribution in [2.45, 2.75) is 55.0 Å². The number of pyridine rings is 1. The molecule has 7 aliphatic rings. The first-order valence-corrected chi connectivity index (χ1v) is 15.4. The van der Waals surface area contributed by atoms with Gasteiger partial charge in [0.2, 0.25) is 5.88 Å². The highest BCUT2D eigenvalue weighted by molar-refractivity contribution is 6.02. The molecule has 2 unspecified atom stereocenters. The van der Waals surface area contributed by atoms with E-state index in [1.807, 2.05) is 0 Å². The van der Waals surface area contributed by atoms with E-state index in [0.29, 0.717) is 48.6 Å². The van der Waals surface area contributed by atoms with Crippen LogP contribution in [0, 0.1) is 17.6 Å². The molecule has 226 valence electrons. The van der Waals surface area contributed by atoms with Crippen LogP contribution in [0.1, 0.15) is 25.7 Å². The molecule has 1 spiro atoms. The molecular weight excluding hydrogens is 573 g/mol. The molecule has 2 aromatic heterocycles. The molecule has 1 saturated carbocycles. The molecule has 6 aliphatic heterocycles. The number of rotatable bonds is 4. The second-order valence-corrected chi connectivity index (χ2v) is 13.4. The van der Waals surface area contributed by atoms with E-state index in [1.54, 1.807) is 6.07 Å². The molecule has 8 heterocycles. The van der Waals surface area contributed by atoms with Crippen LogP contribution in [0.15, 0.2) is 30.3 Å². The molecule has 44 heavy (non-hydrogen) atoms. The lowest BCUT2D eigenvalue weighted by Gasteiger charge is -2.42. The number of phenols is 1. The van der Waals surface area contributed by atoms with Crippen LogP contribution in [-0.4, -0.2) is 87.1 Å². The first-order valence-electron chi connectivity index (χ1n) is 15.4. The molecule has 5 saturated heterocycles. The van der Waals surface area contributed by atoms with Gasteiger partial charge in [0.05, 0.1) is 11.1 Å². The molecule has 11 rings (SSSR count). The van der Waals surface area contributed by atoms with Crippen LogP contribution in [0.2, 0.25) is 0 Å². The minimum atomic E-state index is -0.913. The number of nitrogens with one attached hydrogen (secondary N) is 1. The molecule has 4 aromatic rings. The Kier molecular flexibility index (Phi) is 4.87. The molecule has 6 atom stereocenters. The number of aromatic hydroxyl groups is 1. The maximum atomic E-state index is 16.8. The fourth-order valence-electron chi connectivity index (χ4n) is 9.21. The highest BCUT2D eigenvalue weighted by Gasteiger charge is 2.76. The third-order valence-electron chi connectivity index (χ3n) is 11.1. The van der Waals surface area contributed by atoms with Crippen LogP contribution in [0.25, 0.3) is 32.9 Å². The van der Waals surface area contributed by atoms with E-state index in [0.717, 1.165) is 25.8 Å². The van der Waals surface area contributed by atoms with E-state index in [9.17, 15) is 9.50 Å². The third kappa shape index (κ3) is 3.20. The van der Waals surface area contributed by atoms with Crippen molar-refractivity contribution >= 4 is 27.5 Å². The molecule has 0 radical (unpaired) electrons. The van der Waals surface area contributed by atoms with Crippen LogP contribution in [0.4, 0.5) is 19.0 Å². The number of alkyl halides is 1. The summed E-state index contributed by atoms with van der Waals surface area (Å²) in [6.07, 6.45) is 2.28. The van der Waals surface area contributed by atoms with Crippen LogP contribution in [0.5, 0.6) is 17.6 Å². The first kappa shape index (κ1) is 25.4. The van der Waals surface area contributed by atoms with Crippen molar-refractivity contribution in [1.82, 2.24) is 25.2 Å². The average Bonchev–Trinajstić information content (AvgIpc) is 3.24. The molecule has 1 aliphatic carbocycles. The topological polar surface area (TPSA) is 95.9 Å². The van der Waals surface area contributed by atoms with Gasteiger partial charge in [-0.2, -0.15) is 9.97 Å². The van der Waals surface area contributed by atoms with Gasteiger partial charge >= 0.3 is 6.01 Å². The molecule has 0 amide bonds. The van der Waals surface area contributed by atoms with Crippen LogP contribution < -0.4 is 19.7 Å². The molecular formula is C32H29F3N6O3. The number of piperazine rings is 1. The Morgan fingerprint density at radius 3 is 2.91 bits per heavy atom. The van der Waals surface area contributed by atoms with Gasteiger partial charge in [-0.15, -0.1) is 0 Å². The predicted octanol–water partition coefficient (Wildman–Crippen LogP) is 4.10. The molecule has 9 nitrogen and oxygen atoms in total. The van der Waals surface area contributed by atoms with Crippen LogP contribution >= 0.6 is 0 Å². The number of halogens is 3. The molecule has 2 aromatic carbocycles. The second-order valence-electron chi connectivity index (χ2n) is 13.4. The summed E-state index contributed by atoms with van der Waals surface area (Å²) >= 11 is 0. The van der Waals surface area contributed by atoms with Crippen molar-refractivity contribution < 1.29 is 27.8 Å². The second kappa shape index (κ2) is 8.42. The Morgan fingerprint density at radius 1 is 1.14 bits per heavy atom. The highest BCUT2D eigenvalue weighted by atomic mass is 19.1. The van der Waals surface area contributed by atoms with E-state index >= 15 is 8.78 Å². The largest absolute Gasteiger partial charge is 0.508 e. The first-order chi connectivity index (χ1) is 21.3. The lowest BCUT2D eigenvalue weighted by Crippen LogP contribution is -2.60. The fraction of sp³-hybridized carbons (Fsp3) is 0.469. The van der Waals surface area contributed by atoms with Gasteiger partial charge in [-0.25, -0.2) is 18.2 Å². The lowest BCUT2D eigenvalue weighted by atomic mass is 9.95. The number of benzene rings is 2. The number of hydrogen-bond donors (Lipinski definition) is 2. The van der Waals surface area contributed by atoms with E-state index < -0.39 is 23.3 Å². The van der Waals surface area contributed by atoms with Crippen LogP contribution in [-0.2, 0) is 0 Å². The predicted molar refractivity (Wildman–Crippen MR) is 155 cm³/mol. The zero-order valence-corrected chi connectivity index (χ0v) is 23.7. The van der Waals surface area contributed by atoms with Crippen molar-refractivity contribution in [1.29, 1.82) is 0 Å². The summed E-state index contributed by atoms with van der Waals surface area (Å²) in [5, 5.41) is 15.1. The number of ether oxygens (including phenoxy) is 2. The van der Waals surface area contributed by atoms with Crippen molar-refractivity contribution in [2.24, 2.45) is 5.92 Å². The third-order valence-corrected chi connectivity index (χ3v) is 11.1. The van der Waals surface area contributed by atoms with Crippen molar-refractivity contribution in [3.05, 3.63) is 42.0 Å². The van der Waals surface area contributed by atoms with Gasteiger partial charge < -0.3 is 24.8 Å². The number of fused-ring (bicyclic) bond motifs is 2. The van der Waals surface area contributed by atoms with E-state index in [1.165, 1.54) is 24.3 Å². The van der Waals surface area contributed by atoms with Gasteiger partial charge in [0.15, 0.2) is 5.82 Å². The molecule has 2 N–H and O–H groups in total. The molecule has 12 heteroatoms. The Bertz CT molecular complexity index is 1910. The number of piperidine rings is 2. The van der Waals surface area contributed by atoms with Gasteiger partial charge in [-0.3, -0.25) is 4.90 Å². The number of anilines is 1. The summed E-state index contributed by atoms with van der Waals surface area (Å²) in [6.45, 7) is 2.41. The number of phenolic OH excluding ortho intramolecular Hbond substituents is 1. The van der Waals surface area contributed by atoms with Gasteiger partial charge in [-0.1, -0.05) is 12.1 Å². The zero-order chi connectivity index (χ0) is 29.5. The Hall–Kier alpha value is -3.90. The van der Waals surface area contributed by atoms with Gasteiger partial charge in [0.25, 0.3) is 0 Å². The summed E-state index contributed by atoms with van der Waals surface area (Å²) in [5.41, 5.74) is -0.913. The average molecular weight is 603 g/mol. The smallest absolute Gasteiger partial charge is 0.319 e. The quantitative estimate of drug-likeness (QED) is 0.358. The van der Waals surface area contributed by atoms with Crippen LogP contribution in [0.3, 0.4) is 0 Å². The maximum absolute atomic E-state index is 16.8. The summed E-state index contributed by atoms with van der Waals surface area (Å²) in [5.74, 6) is -0.465. The summed E-state index contributed by atoms with van der Waals surface area (Å²) in [6, 6.07) is 7.73. The van der Waals surface area contributed by atoms with E-state index in [4.69, 9.17) is 14.5 Å². The van der Waals surface area contributed by atoms with Crippen molar-refractivity contribution in [3.63, 3.8) is 0 Å². The van der Waals surface area contributed by atoms with E-state index in [2.05, 4.69) is 25.1 Å². The fourth-order valence-corrected chi connectivity index (χ4v) is 9.21. The van der Waals surface area contributed by atoms with Crippen molar-refractivity contribution in [2.75, 3.05) is 37.7 Å². The maximum Gasteiger partial charge on any atom is 0.319 e. The van der Waals surface area contributed by atoms with Gasteiger partial charge in [-0.05, 0) is 49.4 Å². The Balaban J connectivity index is 1.17.